The monoisotopic (exact) mass is 216 g/mol. The minimum Gasteiger partial charge on any atom is -0.334 e. The average molecular weight is 216 g/mol. The summed E-state index contributed by atoms with van der Waals surface area (Å²) >= 11 is 0. The second kappa shape index (κ2) is 2.94. The Bertz CT molecular complexity index is 656. The molecular formula is C10H12N6. The van der Waals surface area contributed by atoms with Gasteiger partial charge >= 0.3 is 0 Å². The standard InChI is InChI=1S/C10H12N6/c1-6-11-5-8(15(6)2)9-13-7-4-12-16(3)10(7)14-9/h4-5H,1-3H3,(H,13,14). The molecule has 3 aromatic heterocycles. The Balaban J connectivity index is 2.22. The zero-order chi connectivity index (χ0) is 11.3. The molecule has 0 bridgehead atoms. The minimum absolute atomic E-state index is 0.825. The molecule has 0 amide bonds. The van der Waals surface area contributed by atoms with Gasteiger partial charge in [-0.3, -0.25) is 0 Å². The molecule has 0 aliphatic rings. The fraction of sp³-hybridized carbons (Fsp3) is 0.300. The number of nitrogens with zero attached hydrogens (tertiary/aromatic N) is 5. The van der Waals surface area contributed by atoms with Crippen LogP contribution in [0.3, 0.4) is 0 Å². The molecule has 0 aromatic carbocycles. The highest BCUT2D eigenvalue weighted by atomic mass is 15.3. The highest BCUT2D eigenvalue weighted by Crippen LogP contribution is 2.19. The van der Waals surface area contributed by atoms with Gasteiger partial charge in [0.25, 0.3) is 0 Å². The predicted octanol–water partition coefficient (Wildman–Crippen LogP) is 1.01. The van der Waals surface area contributed by atoms with Gasteiger partial charge in [-0.05, 0) is 6.92 Å². The van der Waals surface area contributed by atoms with Crippen molar-refractivity contribution in [1.29, 1.82) is 0 Å². The highest BCUT2D eigenvalue weighted by Gasteiger charge is 2.12. The lowest BCUT2D eigenvalue weighted by molar-refractivity contribution is 0.786. The molecule has 3 aromatic rings. The number of imidazole rings is 2. The quantitative estimate of drug-likeness (QED) is 0.660. The first-order valence-corrected chi connectivity index (χ1v) is 5.03. The highest BCUT2D eigenvalue weighted by molar-refractivity contribution is 5.74. The summed E-state index contributed by atoms with van der Waals surface area (Å²) in [5, 5.41) is 4.12. The average Bonchev–Trinajstić information content (AvgIpc) is 2.88. The summed E-state index contributed by atoms with van der Waals surface area (Å²) in [6.07, 6.45) is 3.59. The number of aromatic amines is 1. The lowest BCUT2D eigenvalue weighted by atomic mass is 10.4. The van der Waals surface area contributed by atoms with Crippen LogP contribution in [0, 0.1) is 6.92 Å². The van der Waals surface area contributed by atoms with Crippen LogP contribution in [0.15, 0.2) is 12.4 Å². The molecule has 82 valence electrons. The first-order valence-electron chi connectivity index (χ1n) is 5.03. The normalized spacial score (nSPS) is 11.4. The van der Waals surface area contributed by atoms with Crippen LogP contribution >= 0.6 is 0 Å². The molecule has 0 spiro atoms. The molecule has 0 saturated heterocycles. The van der Waals surface area contributed by atoms with Crippen LogP contribution in [0.1, 0.15) is 5.82 Å². The number of hydrogen-bond acceptors (Lipinski definition) is 3. The fourth-order valence-corrected chi connectivity index (χ4v) is 1.76. The van der Waals surface area contributed by atoms with E-state index in [9.17, 15) is 0 Å². The van der Waals surface area contributed by atoms with Gasteiger partial charge in [-0.1, -0.05) is 0 Å². The van der Waals surface area contributed by atoms with Crippen molar-refractivity contribution in [3.8, 4) is 11.5 Å². The number of nitrogens with one attached hydrogen (secondary N) is 1. The van der Waals surface area contributed by atoms with E-state index in [1.807, 2.05) is 31.8 Å². The number of H-pyrrole nitrogens is 1. The SMILES string of the molecule is Cc1ncc(-c2nc3c(cnn3C)[nH]2)n1C. The van der Waals surface area contributed by atoms with Gasteiger partial charge in [-0.25, -0.2) is 14.6 Å². The molecule has 0 atom stereocenters. The molecule has 3 rings (SSSR count). The summed E-state index contributed by atoms with van der Waals surface area (Å²) in [7, 11) is 3.85. The minimum atomic E-state index is 0.825. The second-order valence-corrected chi connectivity index (χ2v) is 3.84. The lowest BCUT2D eigenvalue weighted by Crippen LogP contribution is -1.96. The number of aryl methyl sites for hydroxylation is 2. The molecule has 0 aliphatic heterocycles. The third-order valence-electron chi connectivity index (χ3n) is 2.84. The van der Waals surface area contributed by atoms with E-state index in [0.29, 0.717) is 0 Å². The molecule has 0 unspecified atom stereocenters. The molecule has 0 saturated carbocycles. The van der Waals surface area contributed by atoms with E-state index < -0.39 is 0 Å². The largest absolute Gasteiger partial charge is 0.334 e. The van der Waals surface area contributed by atoms with Crippen molar-refractivity contribution in [2.45, 2.75) is 6.92 Å². The molecule has 3 heterocycles. The Hall–Kier alpha value is -2.11. The first-order chi connectivity index (χ1) is 7.66. The van der Waals surface area contributed by atoms with Gasteiger partial charge in [0.1, 0.15) is 17.0 Å². The van der Waals surface area contributed by atoms with Crippen molar-refractivity contribution in [1.82, 2.24) is 29.3 Å². The maximum atomic E-state index is 4.50. The van der Waals surface area contributed by atoms with Crippen molar-refractivity contribution in [2.75, 3.05) is 0 Å². The van der Waals surface area contributed by atoms with E-state index in [-0.39, 0.29) is 0 Å². The van der Waals surface area contributed by atoms with Crippen molar-refractivity contribution in [3.05, 3.63) is 18.2 Å². The summed E-state index contributed by atoms with van der Waals surface area (Å²) in [5.74, 6) is 1.79. The van der Waals surface area contributed by atoms with E-state index in [0.717, 1.165) is 28.5 Å². The van der Waals surface area contributed by atoms with Crippen LogP contribution < -0.4 is 0 Å². The summed E-state index contributed by atoms with van der Waals surface area (Å²) in [6, 6.07) is 0. The Morgan fingerprint density at radius 2 is 2.06 bits per heavy atom. The second-order valence-electron chi connectivity index (χ2n) is 3.84. The molecule has 0 radical (unpaired) electrons. The van der Waals surface area contributed by atoms with Gasteiger partial charge in [0.15, 0.2) is 11.5 Å². The summed E-state index contributed by atoms with van der Waals surface area (Å²) < 4.78 is 3.75. The van der Waals surface area contributed by atoms with Crippen LogP contribution in [-0.2, 0) is 14.1 Å². The van der Waals surface area contributed by atoms with E-state index in [1.54, 1.807) is 10.9 Å². The summed E-state index contributed by atoms with van der Waals surface area (Å²) in [5.41, 5.74) is 2.78. The first kappa shape index (κ1) is 9.14. The molecule has 1 N–H and O–H groups in total. The van der Waals surface area contributed by atoms with Gasteiger partial charge < -0.3 is 9.55 Å². The predicted molar refractivity (Wildman–Crippen MR) is 59.8 cm³/mol. The Kier molecular flexibility index (Phi) is 1.68. The van der Waals surface area contributed by atoms with Crippen LogP contribution in [-0.4, -0.2) is 29.3 Å². The van der Waals surface area contributed by atoms with Gasteiger partial charge in [-0.2, -0.15) is 5.10 Å². The van der Waals surface area contributed by atoms with Crippen molar-refractivity contribution >= 4 is 11.2 Å². The van der Waals surface area contributed by atoms with Gasteiger partial charge in [-0.15, -0.1) is 0 Å². The van der Waals surface area contributed by atoms with E-state index in [4.69, 9.17) is 0 Å². The Morgan fingerprint density at radius 1 is 1.25 bits per heavy atom. The van der Waals surface area contributed by atoms with Crippen LogP contribution in [0.25, 0.3) is 22.7 Å². The maximum absolute atomic E-state index is 4.50. The number of aromatic nitrogens is 6. The molecule has 0 aliphatic carbocycles. The maximum Gasteiger partial charge on any atom is 0.176 e. The zero-order valence-corrected chi connectivity index (χ0v) is 9.39. The van der Waals surface area contributed by atoms with Gasteiger partial charge in [0.05, 0.1) is 12.4 Å². The van der Waals surface area contributed by atoms with Crippen molar-refractivity contribution < 1.29 is 0 Å². The Labute approximate surface area is 91.9 Å². The third-order valence-corrected chi connectivity index (χ3v) is 2.84. The lowest BCUT2D eigenvalue weighted by Gasteiger charge is -1.99. The number of hydrogen-bond donors (Lipinski definition) is 1. The molecular weight excluding hydrogens is 204 g/mol. The van der Waals surface area contributed by atoms with E-state index in [1.165, 1.54) is 0 Å². The van der Waals surface area contributed by atoms with Crippen LogP contribution in [0.5, 0.6) is 0 Å². The molecule has 16 heavy (non-hydrogen) atoms. The van der Waals surface area contributed by atoms with Crippen LogP contribution in [0.2, 0.25) is 0 Å². The molecule has 0 fully saturated rings. The summed E-state index contributed by atoms with van der Waals surface area (Å²) in [6.45, 7) is 1.97. The Morgan fingerprint density at radius 3 is 2.69 bits per heavy atom. The third kappa shape index (κ3) is 1.09. The van der Waals surface area contributed by atoms with Gasteiger partial charge in [0.2, 0.25) is 0 Å². The number of fused-ring (bicyclic) bond motifs is 1. The van der Waals surface area contributed by atoms with Crippen molar-refractivity contribution in [2.24, 2.45) is 14.1 Å². The summed E-state index contributed by atoms with van der Waals surface area (Å²) in [4.78, 5) is 12.0. The number of rotatable bonds is 1. The smallest absolute Gasteiger partial charge is 0.176 e. The fourth-order valence-electron chi connectivity index (χ4n) is 1.76. The molecule has 6 nitrogen and oxygen atoms in total. The zero-order valence-electron chi connectivity index (χ0n) is 9.39. The van der Waals surface area contributed by atoms with Crippen molar-refractivity contribution in [3.63, 3.8) is 0 Å². The molecule has 6 heteroatoms. The van der Waals surface area contributed by atoms with E-state index in [2.05, 4.69) is 20.1 Å². The van der Waals surface area contributed by atoms with E-state index >= 15 is 0 Å². The topological polar surface area (TPSA) is 64.3 Å². The van der Waals surface area contributed by atoms with Crippen LogP contribution in [0.4, 0.5) is 0 Å². The van der Waals surface area contributed by atoms with Gasteiger partial charge in [0, 0.05) is 14.1 Å².